The number of fused-ring (bicyclic) bond motifs is 2. The Balaban J connectivity index is 1.72. The number of aromatic hydroxyl groups is 2. The van der Waals surface area contributed by atoms with Gasteiger partial charge in [0, 0.05) is 47.2 Å². The molecule has 0 atom stereocenters. The monoisotopic (exact) mass is 507 g/mol. The second-order valence-electron chi connectivity index (χ2n) is 7.91. The second-order valence-corrected chi connectivity index (χ2v) is 8.31. The Kier molecular flexibility index (Phi) is 7.09. The minimum atomic E-state index is -1.21. The van der Waals surface area contributed by atoms with Gasteiger partial charge in [0.2, 0.25) is 0 Å². The maximum absolute atomic E-state index is 12.5. The molecule has 1 heterocycles. The van der Waals surface area contributed by atoms with Gasteiger partial charge < -0.3 is 25.4 Å². The Bertz CT molecular complexity index is 1340. The van der Waals surface area contributed by atoms with E-state index in [1.54, 1.807) is 24.3 Å². The number of nitrogens with one attached hydrogen (secondary N) is 1. The smallest absolute Gasteiger partial charge is 0.336 e. The van der Waals surface area contributed by atoms with E-state index in [2.05, 4.69) is 28.2 Å². The number of aromatic carboxylic acids is 1. The summed E-state index contributed by atoms with van der Waals surface area (Å²) in [5.41, 5.74) is 10.1. The van der Waals surface area contributed by atoms with E-state index in [4.69, 9.17) is 10.3 Å². The van der Waals surface area contributed by atoms with Crippen molar-refractivity contribution in [3.63, 3.8) is 0 Å². The van der Waals surface area contributed by atoms with E-state index in [9.17, 15) is 24.9 Å². The lowest BCUT2D eigenvalue weighted by Crippen LogP contribution is -2.35. The van der Waals surface area contributed by atoms with Crippen LogP contribution in [0.5, 0.6) is 23.0 Å². The summed E-state index contributed by atoms with van der Waals surface area (Å²) in [6.45, 7) is 0.471. The highest BCUT2D eigenvalue weighted by Gasteiger charge is 2.32. The number of phenols is 2. The molecule has 0 unspecified atom stereocenters. The van der Waals surface area contributed by atoms with Crippen LogP contribution in [-0.2, 0) is 0 Å². The third-order valence-electron chi connectivity index (χ3n) is 5.63. The molecular formula is C24H21N5O6S. The van der Waals surface area contributed by atoms with Crippen LogP contribution in [0, 0.1) is 0 Å². The summed E-state index contributed by atoms with van der Waals surface area (Å²) in [7, 11) is 0. The Morgan fingerprint density at radius 2 is 1.64 bits per heavy atom. The number of thiol groups is 1. The molecule has 0 aliphatic carbocycles. The molecule has 3 aromatic rings. The number of anilines is 1. The molecule has 1 aliphatic rings. The zero-order valence-electron chi connectivity index (χ0n) is 18.7. The molecule has 12 heteroatoms. The predicted octanol–water partition coefficient (Wildman–Crippen LogP) is 5.14. The highest BCUT2D eigenvalue weighted by atomic mass is 32.1. The lowest BCUT2D eigenvalue weighted by molar-refractivity contribution is 0.0695. The van der Waals surface area contributed by atoms with Crippen molar-refractivity contribution in [3.8, 4) is 23.0 Å². The molecule has 0 saturated carbocycles. The van der Waals surface area contributed by atoms with Crippen LogP contribution in [0.3, 0.4) is 0 Å². The van der Waals surface area contributed by atoms with Crippen LogP contribution in [-0.4, -0.2) is 40.4 Å². The summed E-state index contributed by atoms with van der Waals surface area (Å²) in [5, 5.41) is 36.0. The fourth-order valence-corrected chi connectivity index (χ4v) is 4.21. The lowest BCUT2D eigenvalue weighted by atomic mass is 9.80. The molecular weight excluding hydrogens is 486 g/mol. The van der Waals surface area contributed by atoms with Crippen molar-refractivity contribution in [1.29, 1.82) is 0 Å². The highest BCUT2D eigenvalue weighted by molar-refractivity contribution is 7.82. The van der Waals surface area contributed by atoms with Gasteiger partial charge in [-0.05, 0) is 41.8 Å². The first-order chi connectivity index (χ1) is 17.3. The van der Waals surface area contributed by atoms with Gasteiger partial charge in [0.15, 0.2) is 0 Å². The standard InChI is InChI=1S/C24H21N5O6S/c25-28-27-9-1-8-26-24(34)29(36)13-2-5-16(19(10-13)23(32)33)22-17-6-3-14(30)11-20(17)35-21-12-15(31)4-7-18(21)22/h2-7,10-12,22,30-31,36H,1,8-9H2,(H,26,34)(H,32,33). The summed E-state index contributed by atoms with van der Waals surface area (Å²) in [6, 6.07) is 13.1. The van der Waals surface area contributed by atoms with Crippen LogP contribution in [0.4, 0.5) is 10.5 Å². The first-order valence-electron chi connectivity index (χ1n) is 10.8. The Labute approximate surface area is 210 Å². The van der Waals surface area contributed by atoms with Gasteiger partial charge in [-0.3, -0.25) is 0 Å². The average molecular weight is 508 g/mol. The van der Waals surface area contributed by atoms with Crippen LogP contribution >= 0.6 is 12.8 Å². The topological polar surface area (TPSA) is 168 Å². The number of azide groups is 1. The van der Waals surface area contributed by atoms with E-state index in [1.165, 1.54) is 30.3 Å². The highest BCUT2D eigenvalue weighted by Crippen LogP contribution is 2.50. The largest absolute Gasteiger partial charge is 0.508 e. The maximum atomic E-state index is 12.5. The number of benzene rings is 3. The minimum absolute atomic E-state index is 0.0268. The lowest BCUT2D eigenvalue weighted by Gasteiger charge is -2.30. The van der Waals surface area contributed by atoms with Crippen molar-refractivity contribution < 1.29 is 29.6 Å². The van der Waals surface area contributed by atoms with Crippen molar-refractivity contribution >= 4 is 30.5 Å². The molecule has 0 aromatic heterocycles. The van der Waals surface area contributed by atoms with Gasteiger partial charge in [0.05, 0.1) is 11.3 Å². The predicted molar refractivity (Wildman–Crippen MR) is 134 cm³/mol. The van der Waals surface area contributed by atoms with Gasteiger partial charge >= 0.3 is 12.0 Å². The van der Waals surface area contributed by atoms with Gasteiger partial charge in [-0.2, -0.15) is 0 Å². The van der Waals surface area contributed by atoms with Crippen molar-refractivity contribution in [2.24, 2.45) is 5.11 Å². The van der Waals surface area contributed by atoms with E-state index in [-0.39, 0.29) is 35.8 Å². The summed E-state index contributed by atoms with van der Waals surface area (Å²) in [5.74, 6) is -1.20. The third kappa shape index (κ3) is 4.95. The van der Waals surface area contributed by atoms with Crippen LogP contribution in [0.1, 0.15) is 39.4 Å². The molecule has 11 nitrogen and oxygen atoms in total. The quantitative estimate of drug-likeness (QED) is 0.0762. The average Bonchev–Trinajstić information content (AvgIpc) is 2.86. The first-order valence-corrected chi connectivity index (χ1v) is 11.2. The number of nitrogens with zero attached hydrogens (tertiary/aromatic N) is 4. The zero-order valence-corrected chi connectivity index (χ0v) is 19.6. The molecule has 4 rings (SSSR count). The minimum Gasteiger partial charge on any atom is -0.508 e. The molecule has 4 N–H and O–H groups in total. The van der Waals surface area contributed by atoms with Crippen LogP contribution < -0.4 is 14.4 Å². The van der Waals surface area contributed by atoms with Crippen molar-refractivity contribution in [3.05, 3.63) is 87.3 Å². The Morgan fingerprint density at radius 3 is 2.22 bits per heavy atom. The summed E-state index contributed by atoms with van der Waals surface area (Å²) >= 11 is 4.22. The van der Waals surface area contributed by atoms with Crippen LogP contribution in [0.25, 0.3) is 10.4 Å². The van der Waals surface area contributed by atoms with E-state index >= 15 is 0 Å². The van der Waals surface area contributed by atoms with Crippen molar-refractivity contribution in [2.75, 3.05) is 17.4 Å². The number of ether oxygens (including phenoxy) is 1. The number of urea groups is 1. The van der Waals surface area contributed by atoms with Crippen LogP contribution in [0.2, 0.25) is 0 Å². The number of carboxylic acids is 1. The van der Waals surface area contributed by atoms with Crippen LogP contribution in [0.15, 0.2) is 59.7 Å². The molecule has 36 heavy (non-hydrogen) atoms. The molecule has 0 bridgehead atoms. The summed E-state index contributed by atoms with van der Waals surface area (Å²) in [6.07, 6.45) is 0.435. The molecule has 3 aromatic carbocycles. The zero-order chi connectivity index (χ0) is 25.8. The number of carbonyl (C=O) groups excluding carboxylic acids is 1. The number of phenolic OH excluding ortho intramolecular Hbond substituents is 2. The number of hydrogen-bond acceptors (Lipinski definition) is 7. The number of carbonyl (C=O) groups is 2. The molecule has 0 fully saturated rings. The van der Waals surface area contributed by atoms with Crippen molar-refractivity contribution in [1.82, 2.24) is 5.32 Å². The first kappa shape index (κ1) is 24.6. The number of carboxylic acid groups (broad SMARTS) is 1. The molecule has 2 amide bonds. The van der Waals surface area contributed by atoms with E-state index in [1.807, 2.05) is 0 Å². The fraction of sp³-hybridized carbons (Fsp3) is 0.167. The summed E-state index contributed by atoms with van der Waals surface area (Å²) in [4.78, 5) is 27.4. The van der Waals surface area contributed by atoms with Gasteiger partial charge in [0.1, 0.15) is 23.0 Å². The molecule has 0 spiro atoms. The van der Waals surface area contributed by atoms with Gasteiger partial charge in [0.25, 0.3) is 0 Å². The molecule has 0 saturated heterocycles. The third-order valence-corrected chi connectivity index (χ3v) is 6.04. The fourth-order valence-electron chi connectivity index (χ4n) is 4.02. The van der Waals surface area contributed by atoms with E-state index in [0.717, 1.165) is 4.31 Å². The van der Waals surface area contributed by atoms with E-state index < -0.39 is 17.9 Å². The molecule has 184 valence electrons. The summed E-state index contributed by atoms with van der Waals surface area (Å²) < 4.78 is 6.87. The van der Waals surface area contributed by atoms with Crippen molar-refractivity contribution in [2.45, 2.75) is 12.3 Å². The number of amides is 2. The number of hydrogen-bond donors (Lipinski definition) is 5. The second kappa shape index (κ2) is 10.4. The molecule has 0 radical (unpaired) electrons. The maximum Gasteiger partial charge on any atom is 0.336 e. The number of rotatable bonds is 7. The molecule has 1 aliphatic heterocycles. The normalized spacial score (nSPS) is 11.9. The Morgan fingerprint density at radius 1 is 1.03 bits per heavy atom. The van der Waals surface area contributed by atoms with Gasteiger partial charge in [-0.25, -0.2) is 13.9 Å². The SMILES string of the molecule is [N-]=[N+]=NCCCNC(=O)N(S)c1ccc(C2c3ccc(O)cc3Oc3cc(O)ccc32)c(C(=O)O)c1. The van der Waals surface area contributed by atoms with E-state index in [0.29, 0.717) is 34.6 Å². The van der Waals surface area contributed by atoms with Gasteiger partial charge in [-0.1, -0.05) is 36.1 Å². The Hall–Kier alpha value is -4.54. The van der Waals surface area contributed by atoms with Gasteiger partial charge in [-0.15, -0.1) is 0 Å².